The minimum atomic E-state index is -0.517. The SMILES string of the molecule is C=CCn1c(SC(C)C(=O)Nc2ccccc2C#N)nc2sccc2c1=O. The molecule has 2 aromatic heterocycles. The van der Waals surface area contributed by atoms with Crippen molar-refractivity contribution in [1.29, 1.82) is 5.26 Å². The molecule has 2 heterocycles. The molecule has 6 nitrogen and oxygen atoms in total. The van der Waals surface area contributed by atoms with Crippen LogP contribution in [0.2, 0.25) is 0 Å². The predicted octanol–water partition coefficient (Wildman–Crippen LogP) is 3.63. The number of amides is 1. The number of nitriles is 1. The average Bonchev–Trinajstić information content (AvgIpc) is 3.14. The van der Waals surface area contributed by atoms with Gasteiger partial charge < -0.3 is 5.32 Å². The Morgan fingerprint density at radius 3 is 3.00 bits per heavy atom. The second kappa shape index (κ2) is 8.20. The van der Waals surface area contributed by atoms with Crippen LogP contribution in [0.3, 0.4) is 0 Å². The van der Waals surface area contributed by atoms with Crippen molar-refractivity contribution in [2.24, 2.45) is 0 Å². The fraction of sp³-hybridized carbons (Fsp3) is 0.158. The van der Waals surface area contributed by atoms with Gasteiger partial charge in [-0.1, -0.05) is 30.0 Å². The minimum Gasteiger partial charge on any atom is -0.324 e. The van der Waals surface area contributed by atoms with E-state index < -0.39 is 5.25 Å². The Morgan fingerprint density at radius 2 is 2.26 bits per heavy atom. The van der Waals surface area contributed by atoms with E-state index >= 15 is 0 Å². The van der Waals surface area contributed by atoms with Gasteiger partial charge >= 0.3 is 0 Å². The average molecular weight is 396 g/mol. The number of hydrogen-bond acceptors (Lipinski definition) is 6. The van der Waals surface area contributed by atoms with Crippen LogP contribution in [0, 0.1) is 11.3 Å². The zero-order chi connectivity index (χ0) is 19.4. The van der Waals surface area contributed by atoms with Gasteiger partial charge in [-0.25, -0.2) is 4.98 Å². The Hall–Kier alpha value is -2.89. The Kier molecular flexibility index (Phi) is 5.74. The number of allylic oxidation sites excluding steroid dienone is 1. The highest BCUT2D eigenvalue weighted by molar-refractivity contribution is 8.00. The van der Waals surface area contributed by atoms with Crippen molar-refractivity contribution in [2.75, 3.05) is 5.32 Å². The van der Waals surface area contributed by atoms with Gasteiger partial charge in [0.1, 0.15) is 10.9 Å². The summed E-state index contributed by atoms with van der Waals surface area (Å²) in [4.78, 5) is 30.4. The lowest BCUT2D eigenvalue weighted by molar-refractivity contribution is -0.115. The molecule has 1 N–H and O–H groups in total. The Balaban J connectivity index is 1.87. The lowest BCUT2D eigenvalue weighted by Crippen LogP contribution is -2.26. The molecule has 0 saturated carbocycles. The van der Waals surface area contributed by atoms with Crippen molar-refractivity contribution in [2.45, 2.75) is 23.9 Å². The lowest BCUT2D eigenvalue weighted by atomic mass is 10.2. The summed E-state index contributed by atoms with van der Waals surface area (Å²) >= 11 is 2.58. The van der Waals surface area contributed by atoms with Crippen molar-refractivity contribution in [3.05, 3.63) is 64.3 Å². The van der Waals surface area contributed by atoms with Crippen LogP contribution in [-0.4, -0.2) is 20.7 Å². The van der Waals surface area contributed by atoms with Crippen molar-refractivity contribution in [3.8, 4) is 6.07 Å². The summed E-state index contributed by atoms with van der Waals surface area (Å²) in [7, 11) is 0. The molecule has 1 atom stereocenters. The number of thioether (sulfide) groups is 1. The third-order valence-corrected chi connectivity index (χ3v) is 5.71. The molecule has 3 aromatic rings. The van der Waals surface area contributed by atoms with Crippen LogP contribution in [0.15, 0.2) is 58.3 Å². The van der Waals surface area contributed by atoms with Gasteiger partial charge in [-0.2, -0.15) is 5.26 Å². The molecule has 0 fully saturated rings. The van der Waals surface area contributed by atoms with Crippen molar-refractivity contribution < 1.29 is 4.79 Å². The maximum Gasteiger partial charge on any atom is 0.263 e. The molecule has 0 radical (unpaired) electrons. The molecule has 0 aliphatic heterocycles. The van der Waals surface area contributed by atoms with Gasteiger partial charge in [0.25, 0.3) is 5.56 Å². The van der Waals surface area contributed by atoms with E-state index in [0.717, 1.165) is 0 Å². The van der Waals surface area contributed by atoms with Gasteiger partial charge in [-0.05, 0) is 30.5 Å². The highest BCUT2D eigenvalue weighted by Gasteiger charge is 2.20. The first-order chi connectivity index (χ1) is 13.0. The summed E-state index contributed by atoms with van der Waals surface area (Å²) in [6.45, 7) is 5.74. The van der Waals surface area contributed by atoms with Gasteiger partial charge in [0.05, 0.1) is 21.9 Å². The van der Waals surface area contributed by atoms with Crippen LogP contribution in [0.5, 0.6) is 0 Å². The number of para-hydroxylation sites is 1. The smallest absolute Gasteiger partial charge is 0.263 e. The number of benzene rings is 1. The molecule has 1 amide bonds. The van der Waals surface area contributed by atoms with Crippen molar-refractivity contribution in [1.82, 2.24) is 9.55 Å². The van der Waals surface area contributed by atoms with Crippen LogP contribution in [-0.2, 0) is 11.3 Å². The van der Waals surface area contributed by atoms with Gasteiger partial charge in [-0.15, -0.1) is 17.9 Å². The summed E-state index contributed by atoms with van der Waals surface area (Å²) in [5.41, 5.74) is 0.707. The lowest BCUT2D eigenvalue weighted by Gasteiger charge is -2.15. The second-order valence-corrected chi connectivity index (χ2v) is 7.85. The summed E-state index contributed by atoms with van der Waals surface area (Å²) < 4.78 is 1.51. The van der Waals surface area contributed by atoms with E-state index in [1.807, 2.05) is 5.38 Å². The maximum atomic E-state index is 12.7. The van der Waals surface area contributed by atoms with E-state index in [9.17, 15) is 9.59 Å². The van der Waals surface area contributed by atoms with Gasteiger partial charge in [0.15, 0.2) is 5.16 Å². The van der Waals surface area contributed by atoms with Crippen LogP contribution in [0.1, 0.15) is 12.5 Å². The third-order valence-electron chi connectivity index (χ3n) is 3.82. The third kappa shape index (κ3) is 3.94. The summed E-state index contributed by atoms with van der Waals surface area (Å²) in [5.74, 6) is -0.270. The number of aromatic nitrogens is 2. The van der Waals surface area contributed by atoms with E-state index in [-0.39, 0.29) is 11.5 Å². The standard InChI is InChI=1S/C19H16N4O2S2/c1-3-9-23-18(25)14-8-10-26-17(14)22-19(23)27-12(2)16(24)21-15-7-5-4-6-13(15)11-20/h3-8,10,12H,1,9H2,2H3,(H,21,24). The Morgan fingerprint density at radius 1 is 1.48 bits per heavy atom. The summed E-state index contributed by atoms with van der Waals surface area (Å²) in [5, 5.41) is 14.2. The topological polar surface area (TPSA) is 87.8 Å². The van der Waals surface area contributed by atoms with Gasteiger partial charge in [0, 0.05) is 6.54 Å². The highest BCUT2D eigenvalue weighted by Crippen LogP contribution is 2.25. The molecule has 3 rings (SSSR count). The quantitative estimate of drug-likeness (QED) is 0.390. The number of carbonyl (C=O) groups is 1. The monoisotopic (exact) mass is 396 g/mol. The van der Waals surface area contributed by atoms with Gasteiger partial charge in [0.2, 0.25) is 5.91 Å². The first kappa shape index (κ1) is 18.9. The summed E-state index contributed by atoms with van der Waals surface area (Å²) in [6.07, 6.45) is 1.62. The Bertz CT molecular complexity index is 1110. The fourth-order valence-corrected chi connectivity index (χ4v) is 4.17. The number of anilines is 1. The highest BCUT2D eigenvalue weighted by atomic mass is 32.2. The largest absolute Gasteiger partial charge is 0.324 e. The second-order valence-electron chi connectivity index (χ2n) is 5.64. The van der Waals surface area contributed by atoms with E-state index in [1.165, 1.54) is 27.7 Å². The number of nitrogens with zero attached hydrogens (tertiary/aromatic N) is 3. The molecule has 0 spiro atoms. The zero-order valence-electron chi connectivity index (χ0n) is 14.5. The number of carbonyl (C=O) groups excluding carboxylic acids is 1. The first-order valence-electron chi connectivity index (χ1n) is 8.10. The molecule has 1 aromatic carbocycles. The van der Waals surface area contributed by atoms with Gasteiger partial charge in [-0.3, -0.25) is 14.2 Å². The molecule has 0 aliphatic rings. The van der Waals surface area contributed by atoms with E-state index in [0.29, 0.717) is 33.2 Å². The van der Waals surface area contributed by atoms with E-state index in [4.69, 9.17) is 5.26 Å². The van der Waals surface area contributed by atoms with Crippen LogP contribution >= 0.6 is 23.1 Å². The van der Waals surface area contributed by atoms with Crippen LogP contribution in [0.25, 0.3) is 10.2 Å². The minimum absolute atomic E-state index is 0.147. The Labute approximate surface area is 164 Å². The number of thiophene rings is 1. The zero-order valence-corrected chi connectivity index (χ0v) is 16.1. The number of nitrogens with one attached hydrogen (secondary N) is 1. The summed E-state index contributed by atoms with van der Waals surface area (Å²) in [6, 6.07) is 10.6. The van der Waals surface area contributed by atoms with E-state index in [1.54, 1.807) is 43.3 Å². The molecular formula is C19H16N4O2S2. The fourth-order valence-electron chi connectivity index (χ4n) is 2.45. The molecule has 1 unspecified atom stereocenters. The van der Waals surface area contributed by atoms with Crippen LogP contribution < -0.4 is 10.9 Å². The molecule has 0 bridgehead atoms. The first-order valence-corrected chi connectivity index (χ1v) is 9.86. The number of rotatable bonds is 6. The predicted molar refractivity (Wildman–Crippen MR) is 109 cm³/mol. The molecule has 136 valence electrons. The van der Waals surface area contributed by atoms with Crippen molar-refractivity contribution in [3.63, 3.8) is 0 Å². The normalized spacial score (nSPS) is 11.7. The molecule has 0 aliphatic carbocycles. The van der Waals surface area contributed by atoms with Crippen LogP contribution in [0.4, 0.5) is 5.69 Å². The van der Waals surface area contributed by atoms with Crippen molar-refractivity contribution >= 4 is 44.9 Å². The van der Waals surface area contributed by atoms with E-state index in [2.05, 4.69) is 22.9 Å². The molecule has 0 saturated heterocycles. The molecular weight excluding hydrogens is 380 g/mol. The molecule has 27 heavy (non-hydrogen) atoms. The number of hydrogen-bond donors (Lipinski definition) is 1. The number of fused-ring (bicyclic) bond motifs is 1. The maximum absolute atomic E-state index is 12.7. The molecule has 8 heteroatoms.